The van der Waals surface area contributed by atoms with Gasteiger partial charge in [-0.15, -0.1) is 0 Å². The lowest BCUT2D eigenvalue weighted by molar-refractivity contribution is -0.384. The van der Waals surface area contributed by atoms with E-state index in [-0.39, 0.29) is 24.2 Å². The Morgan fingerprint density at radius 2 is 1.76 bits per heavy atom. The Morgan fingerprint density at radius 1 is 1.06 bits per heavy atom. The first kappa shape index (κ1) is 22.5. The molecule has 8 heteroatoms. The number of aliphatic hydroxyl groups excluding tert-OH is 1. The molecule has 1 heterocycles. The highest BCUT2D eigenvalue weighted by atomic mass is 35.5. The van der Waals surface area contributed by atoms with Crippen molar-refractivity contribution in [3.05, 3.63) is 110 Å². The number of benzene rings is 3. The third-order valence-corrected chi connectivity index (χ3v) is 6.82. The zero-order valence-corrected chi connectivity index (χ0v) is 19.0. The molecule has 34 heavy (non-hydrogen) atoms. The smallest absolute Gasteiger partial charge is 0.269 e. The first-order chi connectivity index (χ1) is 16.4. The highest BCUT2D eigenvalue weighted by Crippen LogP contribution is 2.48. The zero-order chi connectivity index (χ0) is 23.9. The monoisotopic (exact) mass is 478 g/mol. The molecule has 1 aliphatic heterocycles. The van der Waals surface area contributed by atoms with Crippen molar-refractivity contribution in [1.82, 2.24) is 4.90 Å². The van der Waals surface area contributed by atoms with Crippen LogP contribution in [0.3, 0.4) is 0 Å². The molecule has 3 atom stereocenters. The predicted octanol–water partition coefficient (Wildman–Crippen LogP) is 5.04. The summed E-state index contributed by atoms with van der Waals surface area (Å²) in [5.74, 6) is -0.192. The molecule has 1 saturated carbocycles. The number of nitro benzene ring substituents is 1. The van der Waals surface area contributed by atoms with Crippen molar-refractivity contribution in [2.45, 2.75) is 43.7 Å². The molecule has 3 aromatic rings. The van der Waals surface area contributed by atoms with Gasteiger partial charge in [-0.25, -0.2) is 0 Å². The number of hydrogen-bond donors (Lipinski definition) is 1. The quantitative estimate of drug-likeness (QED) is 0.396. The number of non-ortho nitro benzene ring substituents is 1. The fourth-order valence-corrected chi connectivity index (χ4v) is 5.06. The van der Waals surface area contributed by atoms with Gasteiger partial charge in [0.15, 0.2) is 5.72 Å². The predicted molar refractivity (Wildman–Crippen MR) is 126 cm³/mol. The summed E-state index contributed by atoms with van der Waals surface area (Å²) in [5, 5.41) is 21.8. The van der Waals surface area contributed by atoms with Crippen molar-refractivity contribution < 1.29 is 19.6 Å². The third kappa shape index (κ3) is 3.86. The molecule has 2 unspecified atom stereocenters. The van der Waals surface area contributed by atoms with E-state index in [4.69, 9.17) is 16.3 Å². The Bertz CT molecular complexity index is 1230. The van der Waals surface area contributed by atoms with Gasteiger partial charge in [-0.3, -0.25) is 19.8 Å². The van der Waals surface area contributed by atoms with Crippen LogP contribution in [0.2, 0.25) is 5.02 Å². The van der Waals surface area contributed by atoms with Crippen LogP contribution in [0.5, 0.6) is 0 Å². The highest BCUT2D eigenvalue weighted by molar-refractivity contribution is 6.30. The van der Waals surface area contributed by atoms with E-state index in [1.165, 1.54) is 12.1 Å². The van der Waals surface area contributed by atoms with Crippen LogP contribution >= 0.6 is 11.6 Å². The van der Waals surface area contributed by atoms with Gasteiger partial charge in [0.25, 0.3) is 11.6 Å². The van der Waals surface area contributed by atoms with E-state index in [0.29, 0.717) is 29.8 Å². The van der Waals surface area contributed by atoms with Crippen LogP contribution in [0.1, 0.15) is 46.3 Å². The minimum Gasteiger partial charge on any atom is -0.393 e. The summed E-state index contributed by atoms with van der Waals surface area (Å²) in [6.45, 7) is 0.184. The van der Waals surface area contributed by atoms with Crippen molar-refractivity contribution in [1.29, 1.82) is 0 Å². The van der Waals surface area contributed by atoms with Gasteiger partial charge in [-0.1, -0.05) is 54.1 Å². The van der Waals surface area contributed by atoms with E-state index in [0.717, 1.165) is 16.7 Å². The van der Waals surface area contributed by atoms with Gasteiger partial charge in [-0.05, 0) is 43.0 Å². The van der Waals surface area contributed by atoms with Crippen LogP contribution in [0.15, 0.2) is 72.8 Å². The number of aliphatic hydroxyl groups is 1. The first-order valence-electron chi connectivity index (χ1n) is 11.1. The van der Waals surface area contributed by atoms with Crippen molar-refractivity contribution in [3.63, 3.8) is 0 Å². The number of nitro groups is 1. The summed E-state index contributed by atoms with van der Waals surface area (Å²) in [7, 11) is 0. The van der Waals surface area contributed by atoms with Gasteiger partial charge >= 0.3 is 0 Å². The fourth-order valence-electron chi connectivity index (χ4n) is 4.94. The van der Waals surface area contributed by atoms with E-state index in [9.17, 15) is 20.0 Å². The second-order valence-electron chi connectivity index (χ2n) is 8.72. The van der Waals surface area contributed by atoms with Crippen LogP contribution in [0.25, 0.3) is 0 Å². The molecule has 5 rings (SSSR count). The Hall–Kier alpha value is -3.26. The number of hydrogen-bond acceptors (Lipinski definition) is 5. The molecule has 1 fully saturated rings. The second kappa shape index (κ2) is 8.83. The van der Waals surface area contributed by atoms with E-state index in [2.05, 4.69) is 0 Å². The van der Waals surface area contributed by atoms with E-state index in [1.54, 1.807) is 35.2 Å². The summed E-state index contributed by atoms with van der Waals surface area (Å²) >= 11 is 6.18. The van der Waals surface area contributed by atoms with Crippen LogP contribution in [-0.2, 0) is 17.0 Å². The van der Waals surface area contributed by atoms with Gasteiger partial charge in [0.1, 0.15) is 0 Å². The van der Waals surface area contributed by atoms with E-state index in [1.807, 2.05) is 30.3 Å². The molecular formula is C26H23ClN2O5. The number of ether oxygens (including phenoxy) is 1. The lowest BCUT2D eigenvalue weighted by Crippen LogP contribution is -2.48. The highest BCUT2D eigenvalue weighted by Gasteiger charge is 2.53. The molecule has 1 amide bonds. The molecule has 0 spiro atoms. The molecule has 174 valence electrons. The maximum absolute atomic E-state index is 13.7. The lowest BCUT2D eigenvalue weighted by atomic mass is 9.92. The summed E-state index contributed by atoms with van der Waals surface area (Å²) in [6, 6.07) is 20.8. The van der Waals surface area contributed by atoms with Crippen molar-refractivity contribution in [2.75, 3.05) is 0 Å². The van der Waals surface area contributed by atoms with Crippen LogP contribution in [0, 0.1) is 10.1 Å². The fraction of sp³-hybridized carbons (Fsp3) is 0.269. The van der Waals surface area contributed by atoms with Gasteiger partial charge in [0.2, 0.25) is 0 Å². The number of carbonyl (C=O) groups excluding carboxylic acids is 1. The number of fused-ring (bicyclic) bond motifs is 1. The summed E-state index contributed by atoms with van der Waals surface area (Å²) < 4.78 is 6.79. The average molecular weight is 479 g/mol. The molecule has 1 aliphatic carbocycles. The van der Waals surface area contributed by atoms with Crippen LogP contribution in [-0.4, -0.2) is 33.0 Å². The number of amides is 1. The van der Waals surface area contributed by atoms with Crippen LogP contribution < -0.4 is 0 Å². The summed E-state index contributed by atoms with van der Waals surface area (Å²) in [4.78, 5) is 26.0. The van der Waals surface area contributed by atoms with Gasteiger partial charge in [0.05, 0.1) is 17.1 Å². The Balaban J connectivity index is 1.64. The number of rotatable bonds is 6. The first-order valence-corrected chi connectivity index (χ1v) is 11.5. The minimum atomic E-state index is -1.23. The second-order valence-corrected chi connectivity index (χ2v) is 9.15. The molecule has 0 bridgehead atoms. The Kier molecular flexibility index (Phi) is 5.85. The van der Waals surface area contributed by atoms with E-state index < -0.39 is 16.8 Å². The average Bonchev–Trinajstić information content (AvgIpc) is 3.35. The lowest BCUT2D eigenvalue weighted by Gasteiger charge is -2.41. The minimum absolute atomic E-state index is 0.0139. The van der Waals surface area contributed by atoms with Gasteiger partial charge in [0, 0.05) is 40.4 Å². The maximum Gasteiger partial charge on any atom is 0.269 e. The maximum atomic E-state index is 13.7. The standard InChI is InChI=1S/C26H23ClN2O5/c27-19-9-7-18(8-10-19)26(34-22-14-13-21(30)15-22)24-4-2-1-3-23(24)25(31)28(26)16-17-5-11-20(12-6-17)29(32)33/h1-12,21-22,30H,13-16H2/t21-,22?,26?/m1/s1. The van der Waals surface area contributed by atoms with Crippen molar-refractivity contribution in [2.24, 2.45) is 0 Å². The normalized spacial score (nSPS) is 23.8. The van der Waals surface area contributed by atoms with E-state index >= 15 is 0 Å². The topological polar surface area (TPSA) is 92.9 Å². The molecule has 3 aromatic carbocycles. The molecule has 0 aromatic heterocycles. The molecule has 2 aliphatic rings. The van der Waals surface area contributed by atoms with Gasteiger partial charge in [-0.2, -0.15) is 0 Å². The third-order valence-electron chi connectivity index (χ3n) is 6.57. The molecule has 0 radical (unpaired) electrons. The van der Waals surface area contributed by atoms with Crippen LogP contribution in [0.4, 0.5) is 5.69 Å². The number of halogens is 1. The number of nitrogens with zero attached hydrogens (tertiary/aromatic N) is 2. The Labute approximate surface area is 201 Å². The molecule has 7 nitrogen and oxygen atoms in total. The molecule has 0 saturated heterocycles. The largest absolute Gasteiger partial charge is 0.393 e. The van der Waals surface area contributed by atoms with Gasteiger partial charge < -0.3 is 9.84 Å². The van der Waals surface area contributed by atoms with Crippen molar-refractivity contribution in [3.8, 4) is 0 Å². The Morgan fingerprint density at radius 3 is 2.41 bits per heavy atom. The zero-order valence-electron chi connectivity index (χ0n) is 18.3. The SMILES string of the molecule is O=C1c2ccccc2C(OC2CC[C@@H](O)C2)(c2ccc(Cl)cc2)N1Cc1ccc([N+](=O)[O-])cc1. The van der Waals surface area contributed by atoms with Crippen molar-refractivity contribution >= 4 is 23.2 Å². The molecule has 1 N–H and O–H groups in total. The number of carbonyl (C=O) groups is 1. The summed E-state index contributed by atoms with van der Waals surface area (Å²) in [6.07, 6.45) is 1.11. The molecular weight excluding hydrogens is 456 g/mol. The summed E-state index contributed by atoms with van der Waals surface area (Å²) in [5.41, 5.74) is 1.51.